The van der Waals surface area contributed by atoms with Gasteiger partial charge in [0.2, 0.25) is 5.82 Å². The van der Waals surface area contributed by atoms with Crippen molar-refractivity contribution in [2.45, 2.75) is 13.2 Å². The van der Waals surface area contributed by atoms with Crippen LogP contribution in [0.2, 0.25) is 5.02 Å². The third kappa shape index (κ3) is 3.74. The van der Waals surface area contributed by atoms with Gasteiger partial charge in [0, 0.05) is 21.4 Å². The molecule has 0 N–H and O–H groups in total. The van der Waals surface area contributed by atoms with Gasteiger partial charge in [0.15, 0.2) is 12.0 Å². The topological polar surface area (TPSA) is 87.2 Å². The van der Waals surface area contributed by atoms with Crippen LogP contribution in [0, 0.1) is 0 Å². The predicted octanol–water partition coefficient (Wildman–Crippen LogP) is 4.60. The monoisotopic (exact) mass is 445 g/mol. The summed E-state index contributed by atoms with van der Waals surface area (Å²) in [4.78, 5) is 29.7. The molecular weight excluding hydrogens is 430 g/mol. The number of aromatic nitrogens is 3. The van der Waals surface area contributed by atoms with Crippen molar-refractivity contribution in [1.82, 2.24) is 14.7 Å². The number of hydrogen-bond donors (Lipinski definition) is 0. The Kier molecular flexibility index (Phi) is 5.17. The molecule has 0 aliphatic rings. The summed E-state index contributed by atoms with van der Waals surface area (Å²) in [6.45, 7) is -0.237. The molecule has 32 heavy (non-hydrogen) atoms. The van der Waals surface area contributed by atoms with Gasteiger partial charge in [0.25, 0.3) is 5.89 Å². The van der Waals surface area contributed by atoms with E-state index in [2.05, 4.69) is 10.1 Å². The molecule has 0 amide bonds. The number of carbonyl (C=O) groups excluding carboxylic acids is 1. The SMILES string of the molecule is O=C(Cn1c2ccccc2c(=O)c2ccccc21)OCc1nc(-c2cccc(Cl)c2)no1. The number of hydrogen-bond acceptors (Lipinski definition) is 6. The van der Waals surface area contributed by atoms with E-state index in [9.17, 15) is 9.59 Å². The van der Waals surface area contributed by atoms with Crippen molar-refractivity contribution < 1.29 is 14.1 Å². The molecule has 7 nitrogen and oxygen atoms in total. The van der Waals surface area contributed by atoms with Crippen molar-refractivity contribution in [3.8, 4) is 11.4 Å². The number of para-hydroxylation sites is 2. The van der Waals surface area contributed by atoms with Gasteiger partial charge in [-0.1, -0.05) is 53.2 Å². The summed E-state index contributed by atoms with van der Waals surface area (Å²) >= 11 is 6.00. The molecule has 5 rings (SSSR count). The zero-order chi connectivity index (χ0) is 22.1. The molecule has 2 aromatic heterocycles. The van der Waals surface area contributed by atoms with Crippen LogP contribution >= 0.6 is 11.6 Å². The van der Waals surface area contributed by atoms with E-state index in [1.807, 2.05) is 24.3 Å². The zero-order valence-electron chi connectivity index (χ0n) is 16.7. The quantitative estimate of drug-likeness (QED) is 0.290. The maximum atomic E-state index is 12.8. The molecule has 3 aromatic carbocycles. The van der Waals surface area contributed by atoms with E-state index < -0.39 is 5.97 Å². The van der Waals surface area contributed by atoms with Crippen LogP contribution in [0.4, 0.5) is 0 Å². The molecule has 0 saturated carbocycles. The maximum absolute atomic E-state index is 12.8. The lowest BCUT2D eigenvalue weighted by Crippen LogP contribution is -2.18. The Bertz CT molecular complexity index is 1460. The Hall–Kier alpha value is -3.97. The van der Waals surface area contributed by atoms with Crippen molar-refractivity contribution in [2.75, 3.05) is 0 Å². The van der Waals surface area contributed by atoms with E-state index in [0.29, 0.717) is 38.2 Å². The van der Waals surface area contributed by atoms with Gasteiger partial charge in [-0.2, -0.15) is 4.98 Å². The lowest BCUT2D eigenvalue weighted by molar-refractivity contribution is -0.146. The minimum absolute atomic E-state index is 0.0692. The van der Waals surface area contributed by atoms with Crippen LogP contribution in [-0.4, -0.2) is 20.7 Å². The van der Waals surface area contributed by atoms with Gasteiger partial charge in [-0.3, -0.25) is 9.59 Å². The molecule has 0 radical (unpaired) electrons. The first-order valence-corrected chi connectivity index (χ1v) is 10.2. The molecule has 158 valence electrons. The summed E-state index contributed by atoms with van der Waals surface area (Å²) < 4.78 is 12.3. The van der Waals surface area contributed by atoms with E-state index in [1.165, 1.54) is 0 Å². The zero-order valence-corrected chi connectivity index (χ0v) is 17.5. The van der Waals surface area contributed by atoms with Crippen molar-refractivity contribution in [3.05, 3.63) is 93.9 Å². The van der Waals surface area contributed by atoms with Crippen LogP contribution in [0.25, 0.3) is 33.2 Å². The van der Waals surface area contributed by atoms with E-state index in [-0.39, 0.29) is 24.5 Å². The average molecular weight is 446 g/mol. The number of nitrogens with zero attached hydrogens (tertiary/aromatic N) is 3. The van der Waals surface area contributed by atoms with Crippen LogP contribution in [0.1, 0.15) is 5.89 Å². The van der Waals surface area contributed by atoms with Crippen molar-refractivity contribution in [3.63, 3.8) is 0 Å². The van der Waals surface area contributed by atoms with Gasteiger partial charge in [0.05, 0.1) is 11.0 Å². The van der Waals surface area contributed by atoms with Crippen molar-refractivity contribution >= 4 is 39.4 Å². The first kappa shape index (κ1) is 20.0. The second-order valence-electron chi connectivity index (χ2n) is 7.13. The van der Waals surface area contributed by atoms with Gasteiger partial charge in [-0.25, -0.2) is 0 Å². The Morgan fingerprint density at radius 3 is 2.34 bits per heavy atom. The minimum Gasteiger partial charge on any atom is -0.454 e. The summed E-state index contributed by atoms with van der Waals surface area (Å²) in [5.74, 6) is 0.0327. The highest BCUT2D eigenvalue weighted by molar-refractivity contribution is 6.30. The van der Waals surface area contributed by atoms with Gasteiger partial charge < -0.3 is 13.8 Å². The lowest BCUT2D eigenvalue weighted by atomic mass is 10.1. The number of pyridine rings is 1. The molecule has 5 aromatic rings. The molecule has 0 aliphatic heterocycles. The summed E-state index contributed by atoms with van der Waals surface area (Å²) in [5.41, 5.74) is 1.95. The highest BCUT2D eigenvalue weighted by atomic mass is 35.5. The van der Waals surface area contributed by atoms with Crippen LogP contribution in [0.15, 0.2) is 82.1 Å². The fraction of sp³-hybridized carbons (Fsp3) is 0.0833. The standard InChI is InChI=1S/C24H16ClN3O4/c25-16-7-5-6-15(12-16)24-26-21(32-27-24)14-31-22(29)13-28-19-10-3-1-8-17(19)23(30)18-9-2-4-11-20(18)28/h1-12H,13-14H2. The second kappa shape index (κ2) is 8.28. The molecule has 8 heteroatoms. The Morgan fingerprint density at radius 1 is 0.969 bits per heavy atom. The fourth-order valence-corrected chi connectivity index (χ4v) is 3.81. The highest BCUT2D eigenvalue weighted by Gasteiger charge is 2.15. The Balaban J connectivity index is 1.38. The van der Waals surface area contributed by atoms with E-state index in [1.54, 1.807) is 53.1 Å². The fourth-order valence-electron chi connectivity index (χ4n) is 3.62. The average Bonchev–Trinajstić information content (AvgIpc) is 3.30. The molecular formula is C24H16ClN3O4. The second-order valence-corrected chi connectivity index (χ2v) is 7.57. The third-order valence-electron chi connectivity index (χ3n) is 5.07. The van der Waals surface area contributed by atoms with Crippen molar-refractivity contribution in [2.24, 2.45) is 0 Å². The van der Waals surface area contributed by atoms with Gasteiger partial charge in [0.1, 0.15) is 6.54 Å². The summed E-state index contributed by atoms with van der Waals surface area (Å²) in [6, 6.07) is 21.4. The molecule has 0 atom stereocenters. The van der Waals surface area contributed by atoms with Crippen molar-refractivity contribution in [1.29, 1.82) is 0 Å². The number of halogens is 1. The molecule has 0 spiro atoms. The largest absolute Gasteiger partial charge is 0.454 e. The number of benzene rings is 3. The van der Waals surface area contributed by atoms with Gasteiger partial charge in [-0.15, -0.1) is 0 Å². The maximum Gasteiger partial charge on any atom is 0.326 e. The minimum atomic E-state index is -0.494. The number of rotatable bonds is 5. The Labute approximate surface area is 186 Å². The molecule has 0 fully saturated rings. The van der Waals surface area contributed by atoms with E-state index in [0.717, 1.165) is 0 Å². The highest BCUT2D eigenvalue weighted by Crippen LogP contribution is 2.21. The molecule has 0 aliphatic carbocycles. The lowest BCUT2D eigenvalue weighted by Gasteiger charge is -2.14. The predicted molar refractivity (Wildman–Crippen MR) is 120 cm³/mol. The van der Waals surface area contributed by atoms with Crippen LogP contribution in [-0.2, 0) is 22.7 Å². The summed E-state index contributed by atoms with van der Waals surface area (Å²) in [7, 11) is 0. The molecule has 0 unspecified atom stereocenters. The van der Waals surface area contributed by atoms with Gasteiger partial charge in [-0.05, 0) is 36.4 Å². The van der Waals surface area contributed by atoms with Crippen LogP contribution in [0.3, 0.4) is 0 Å². The first-order valence-electron chi connectivity index (χ1n) is 9.84. The molecule has 0 saturated heterocycles. The molecule has 0 bridgehead atoms. The smallest absolute Gasteiger partial charge is 0.326 e. The van der Waals surface area contributed by atoms with E-state index in [4.69, 9.17) is 20.9 Å². The normalized spacial score (nSPS) is 11.2. The third-order valence-corrected chi connectivity index (χ3v) is 5.31. The molecule has 2 heterocycles. The summed E-state index contributed by atoms with van der Waals surface area (Å²) in [6.07, 6.45) is 0. The van der Waals surface area contributed by atoms with Crippen LogP contribution < -0.4 is 5.43 Å². The van der Waals surface area contributed by atoms with E-state index >= 15 is 0 Å². The summed E-state index contributed by atoms with van der Waals surface area (Å²) in [5, 5.41) is 5.55. The number of esters is 1. The Morgan fingerprint density at radius 2 is 1.66 bits per heavy atom. The van der Waals surface area contributed by atoms with Crippen LogP contribution in [0.5, 0.6) is 0 Å². The number of fused-ring (bicyclic) bond motifs is 2. The van der Waals surface area contributed by atoms with Gasteiger partial charge >= 0.3 is 5.97 Å². The first-order chi connectivity index (χ1) is 15.6. The number of ether oxygens (including phenoxy) is 1. The number of carbonyl (C=O) groups is 1.